The molecule has 14 heavy (non-hydrogen) atoms. The summed E-state index contributed by atoms with van der Waals surface area (Å²) < 4.78 is 18.6. The molecule has 2 N–H and O–H groups in total. The SMILES string of the molecule is CCCOc1ccc([C@@H](C)N)cc1F. The summed E-state index contributed by atoms with van der Waals surface area (Å²) in [5.41, 5.74) is 6.41. The van der Waals surface area contributed by atoms with E-state index in [4.69, 9.17) is 10.5 Å². The second-order valence-electron chi connectivity index (χ2n) is 3.33. The Labute approximate surface area is 83.9 Å². The molecule has 0 bridgehead atoms. The van der Waals surface area contributed by atoms with Crippen molar-refractivity contribution in [3.8, 4) is 5.75 Å². The van der Waals surface area contributed by atoms with E-state index in [1.54, 1.807) is 12.1 Å². The Morgan fingerprint density at radius 3 is 2.71 bits per heavy atom. The Morgan fingerprint density at radius 1 is 1.50 bits per heavy atom. The summed E-state index contributed by atoms with van der Waals surface area (Å²) >= 11 is 0. The fraction of sp³-hybridized carbons (Fsp3) is 0.455. The quantitative estimate of drug-likeness (QED) is 0.805. The minimum atomic E-state index is -0.340. The lowest BCUT2D eigenvalue weighted by atomic mass is 10.1. The molecule has 0 aliphatic rings. The zero-order chi connectivity index (χ0) is 10.6. The molecule has 1 aromatic carbocycles. The summed E-state index contributed by atoms with van der Waals surface area (Å²) in [6, 6.07) is 4.70. The van der Waals surface area contributed by atoms with Crippen LogP contribution >= 0.6 is 0 Å². The van der Waals surface area contributed by atoms with E-state index in [2.05, 4.69) is 0 Å². The monoisotopic (exact) mass is 197 g/mol. The van der Waals surface area contributed by atoms with Gasteiger partial charge in [0.05, 0.1) is 6.61 Å². The molecule has 1 atom stereocenters. The molecular weight excluding hydrogens is 181 g/mol. The molecule has 2 nitrogen and oxygen atoms in total. The molecule has 78 valence electrons. The lowest BCUT2D eigenvalue weighted by molar-refractivity contribution is 0.301. The molecule has 0 fully saturated rings. The third-order valence-electron chi connectivity index (χ3n) is 1.94. The normalized spacial score (nSPS) is 12.6. The lowest BCUT2D eigenvalue weighted by Crippen LogP contribution is -2.06. The van der Waals surface area contributed by atoms with Crippen LogP contribution in [-0.4, -0.2) is 6.61 Å². The van der Waals surface area contributed by atoms with Crippen molar-refractivity contribution >= 4 is 0 Å². The smallest absolute Gasteiger partial charge is 0.165 e. The van der Waals surface area contributed by atoms with Crippen molar-refractivity contribution in [3.63, 3.8) is 0 Å². The van der Waals surface area contributed by atoms with Gasteiger partial charge < -0.3 is 10.5 Å². The Balaban J connectivity index is 2.79. The van der Waals surface area contributed by atoms with E-state index in [9.17, 15) is 4.39 Å². The van der Waals surface area contributed by atoms with Crippen LogP contribution in [0.4, 0.5) is 4.39 Å². The molecule has 0 saturated heterocycles. The highest BCUT2D eigenvalue weighted by molar-refractivity contribution is 5.30. The minimum absolute atomic E-state index is 0.148. The highest BCUT2D eigenvalue weighted by atomic mass is 19.1. The van der Waals surface area contributed by atoms with Crippen molar-refractivity contribution in [2.75, 3.05) is 6.61 Å². The van der Waals surface area contributed by atoms with Crippen molar-refractivity contribution < 1.29 is 9.13 Å². The third kappa shape index (κ3) is 2.70. The van der Waals surface area contributed by atoms with Gasteiger partial charge >= 0.3 is 0 Å². The summed E-state index contributed by atoms with van der Waals surface area (Å²) in [4.78, 5) is 0. The standard InChI is InChI=1S/C11H16FNO/c1-3-6-14-11-5-4-9(8(2)13)7-10(11)12/h4-5,7-8H,3,6,13H2,1-2H3/t8-/m1/s1. The number of rotatable bonds is 4. The van der Waals surface area contributed by atoms with Crippen LogP contribution in [-0.2, 0) is 0 Å². The fourth-order valence-corrected chi connectivity index (χ4v) is 1.13. The average Bonchev–Trinajstić information content (AvgIpc) is 2.15. The van der Waals surface area contributed by atoms with Gasteiger partial charge in [-0.1, -0.05) is 13.0 Å². The Hall–Kier alpha value is -1.09. The lowest BCUT2D eigenvalue weighted by Gasteiger charge is -2.09. The molecule has 0 saturated carbocycles. The summed E-state index contributed by atoms with van der Waals surface area (Å²) in [7, 11) is 0. The van der Waals surface area contributed by atoms with Crippen LogP contribution in [0.5, 0.6) is 5.75 Å². The number of nitrogens with two attached hydrogens (primary N) is 1. The van der Waals surface area contributed by atoms with Gasteiger partial charge in [-0.15, -0.1) is 0 Å². The maximum Gasteiger partial charge on any atom is 0.165 e. The molecule has 0 aliphatic heterocycles. The van der Waals surface area contributed by atoms with Crippen molar-refractivity contribution in [1.82, 2.24) is 0 Å². The van der Waals surface area contributed by atoms with E-state index in [-0.39, 0.29) is 11.9 Å². The number of ether oxygens (including phenoxy) is 1. The van der Waals surface area contributed by atoms with Crippen LogP contribution in [0.15, 0.2) is 18.2 Å². The second kappa shape index (κ2) is 4.96. The highest BCUT2D eigenvalue weighted by Gasteiger charge is 2.06. The zero-order valence-corrected chi connectivity index (χ0v) is 8.59. The molecule has 0 unspecified atom stereocenters. The van der Waals surface area contributed by atoms with E-state index >= 15 is 0 Å². The average molecular weight is 197 g/mol. The first-order chi connectivity index (χ1) is 6.65. The summed E-state index contributed by atoms with van der Waals surface area (Å²) in [6.07, 6.45) is 0.870. The fourth-order valence-electron chi connectivity index (χ4n) is 1.13. The third-order valence-corrected chi connectivity index (χ3v) is 1.94. The maximum atomic E-state index is 13.4. The molecule has 1 aromatic rings. The topological polar surface area (TPSA) is 35.2 Å². The van der Waals surface area contributed by atoms with Gasteiger partial charge in [0.15, 0.2) is 11.6 Å². The molecule has 0 aromatic heterocycles. The molecule has 0 radical (unpaired) electrons. The second-order valence-corrected chi connectivity index (χ2v) is 3.33. The molecule has 0 amide bonds. The van der Waals surface area contributed by atoms with Crippen molar-refractivity contribution in [1.29, 1.82) is 0 Å². The Kier molecular flexibility index (Phi) is 3.89. The Morgan fingerprint density at radius 2 is 2.21 bits per heavy atom. The van der Waals surface area contributed by atoms with Gasteiger partial charge in [0, 0.05) is 6.04 Å². The van der Waals surface area contributed by atoms with Gasteiger partial charge in [-0.05, 0) is 31.0 Å². The molecule has 1 rings (SSSR count). The summed E-state index contributed by atoms with van der Waals surface area (Å²) in [5, 5.41) is 0. The van der Waals surface area contributed by atoms with Crippen LogP contribution in [0.1, 0.15) is 31.9 Å². The summed E-state index contributed by atoms with van der Waals surface area (Å²) in [6.45, 7) is 4.34. The van der Waals surface area contributed by atoms with E-state index < -0.39 is 0 Å². The van der Waals surface area contributed by atoms with Crippen LogP contribution in [0.3, 0.4) is 0 Å². The number of hydrogen-bond donors (Lipinski definition) is 1. The van der Waals surface area contributed by atoms with E-state index in [1.807, 2.05) is 13.8 Å². The molecule has 0 heterocycles. The van der Waals surface area contributed by atoms with Gasteiger partial charge in [0.25, 0.3) is 0 Å². The molecule has 0 spiro atoms. The van der Waals surface area contributed by atoms with E-state index in [1.165, 1.54) is 6.07 Å². The molecule has 3 heteroatoms. The Bertz CT molecular complexity index is 299. The molecular formula is C11H16FNO. The van der Waals surface area contributed by atoms with Gasteiger partial charge in [0.2, 0.25) is 0 Å². The van der Waals surface area contributed by atoms with Gasteiger partial charge in [-0.3, -0.25) is 0 Å². The predicted molar refractivity (Wildman–Crippen MR) is 54.8 cm³/mol. The number of benzene rings is 1. The van der Waals surface area contributed by atoms with Crippen LogP contribution < -0.4 is 10.5 Å². The van der Waals surface area contributed by atoms with Crippen LogP contribution in [0.25, 0.3) is 0 Å². The first-order valence-corrected chi connectivity index (χ1v) is 4.83. The predicted octanol–water partition coefficient (Wildman–Crippen LogP) is 2.63. The largest absolute Gasteiger partial charge is 0.491 e. The van der Waals surface area contributed by atoms with E-state index in [0.717, 1.165) is 12.0 Å². The van der Waals surface area contributed by atoms with Gasteiger partial charge in [-0.25, -0.2) is 4.39 Å². The maximum absolute atomic E-state index is 13.4. The summed E-state index contributed by atoms with van der Waals surface area (Å²) in [5.74, 6) is -0.0375. The van der Waals surface area contributed by atoms with Crippen molar-refractivity contribution in [2.45, 2.75) is 26.3 Å². The van der Waals surface area contributed by atoms with Crippen molar-refractivity contribution in [3.05, 3.63) is 29.6 Å². The number of halogens is 1. The van der Waals surface area contributed by atoms with Crippen LogP contribution in [0.2, 0.25) is 0 Å². The highest BCUT2D eigenvalue weighted by Crippen LogP contribution is 2.21. The van der Waals surface area contributed by atoms with Gasteiger partial charge in [-0.2, -0.15) is 0 Å². The van der Waals surface area contributed by atoms with Crippen molar-refractivity contribution in [2.24, 2.45) is 5.73 Å². The number of hydrogen-bond acceptors (Lipinski definition) is 2. The zero-order valence-electron chi connectivity index (χ0n) is 8.59. The first-order valence-electron chi connectivity index (χ1n) is 4.83. The van der Waals surface area contributed by atoms with Crippen LogP contribution in [0, 0.1) is 5.82 Å². The van der Waals surface area contributed by atoms with Gasteiger partial charge in [0.1, 0.15) is 0 Å². The molecule has 0 aliphatic carbocycles. The minimum Gasteiger partial charge on any atom is -0.491 e. The first kappa shape index (κ1) is 11.0. The van der Waals surface area contributed by atoms with E-state index in [0.29, 0.717) is 12.4 Å².